The Bertz CT molecular complexity index is 1290. The quantitative estimate of drug-likeness (QED) is 0.416. The van der Waals surface area contributed by atoms with Crippen molar-refractivity contribution in [1.82, 2.24) is 29.8 Å². The number of hydrogen-bond acceptors (Lipinski definition) is 8. The van der Waals surface area contributed by atoms with E-state index in [-0.39, 0.29) is 11.8 Å². The minimum absolute atomic E-state index is 0.0384. The molecule has 9 nitrogen and oxygen atoms in total. The summed E-state index contributed by atoms with van der Waals surface area (Å²) in [6, 6.07) is 9.18. The number of pyridine rings is 1. The van der Waals surface area contributed by atoms with Crippen LogP contribution in [-0.4, -0.2) is 55.9 Å². The zero-order valence-corrected chi connectivity index (χ0v) is 19.2. The third kappa shape index (κ3) is 5.08. The van der Waals surface area contributed by atoms with Gasteiger partial charge in [-0.2, -0.15) is 0 Å². The second kappa shape index (κ2) is 10.3. The molecule has 0 radical (unpaired) electrons. The number of likely N-dealkylation sites (tertiary alicyclic amines) is 1. The molecule has 0 unspecified atom stereocenters. The first-order chi connectivity index (χ1) is 17.2. The van der Waals surface area contributed by atoms with Crippen molar-refractivity contribution >= 4 is 5.91 Å². The molecule has 1 aromatic carbocycles. The Kier molecular flexibility index (Phi) is 6.56. The van der Waals surface area contributed by atoms with Gasteiger partial charge in [-0.3, -0.25) is 14.8 Å². The van der Waals surface area contributed by atoms with Crippen LogP contribution in [0.1, 0.15) is 34.8 Å². The lowest BCUT2D eigenvalue weighted by Crippen LogP contribution is -2.38. The summed E-state index contributed by atoms with van der Waals surface area (Å²) in [5.41, 5.74) is 2.99. The zero-order chi connectivity index (χ0) is 24.0. The average molecular weight is 469 g/mol. The normalized spacial score (nSPS) is 13.9. The third-order valence-electron chi connectivity index (χ3n) is 6.01. The molecule has 4 aromatic rings. The van der Waals surface area contributed by atoms with Gasteiger partial charge in [0.25, 0.3) is 5.91 Å². The van der Waals surface area contributed by atoms with Crippen LogP contribution < -0.4 is 9.47 Å². The summed E-state index contributed by atoms with van der Waals surface area (Å²) in [6.07, 6.45) is 13.0. The van der Waals surface area contributed by atoms with Gasteiger partial charge in [0.2, 0.25) is 5.88 Å². The number of hydrogen-bond donors (Lipinski definition) is 0. The molecule has 4 heterocycles. The van der Waals surface area contributed by atoms with Gasteiger partial charge in [-0.05, 0) is 43.2 Å². The number of methoxy groups -OCH3 is 1. The molecular formula is C26H24N6O3. The number of rotatable bonds is 6. The number of benzene rings is 1. The van der Waals surface area contributed by atoms with E-state index in [1.807, 2.05) is 35.2 Å². The van der Waals surface area contributed by atoms with Crippen molar-refractivity contribution < 1.29 is 14.3 Å². The fourth-order valence-electron chi connectivity index (χ4n) is 4.15. The van der Waals surface area contributed by atoms with Crippen LogP contribution in [0.5, 0.6) is 17.4 Å². The van der Waals surface area contributed by atoms with Crippen LogP contribution in [0.4, 0.5) is 0 Å². The Labute approximate surface area is 202 Å². The molecule has 9 heteroatoms. The van der Waals surface area contributed by atoms with E-state index in [9.17, 15) is 4.79 Å². The Balaban J connectivity index is 1.26. The van der Waals surface area contributed by atoms with Gasteiger partial charge >= 0.3 is 0 Å². The Morgan fingerprint density at radius 2 is 1.57 bits per heavy atom. The molecular weight excluding hydrogens is 444 g/mol. The number of carbonyl (C=O) groups is 1. The topological polar surface area (TPSA) is 103 Å². The summed E-state index contributed by atoms with van der Waals surface area (Å²) in [6.45, 7) is 1.22. The van der Waals surface area contributed by atoms with E-state index in [2.05, 4.69) is 24.9 Å². The number of aromatic nitrogens is 5. The molecule has 0 aliphatic carbocycles. The Morgan fingerprint density at radius 3 is 2.31 bits per heavy atom. The molecule has 0 N–H and O–H groups in total. The van der Waals surface area contributed by atoms with Crippen LogP contribution in [0, 0.1) is 0 Å². The molecule has 1 fully saturated rings. The van der Waals surface area contributed by atoms with E-state index in [0.29, 0.717) is 30.3 Å². The molecule has 1 aliphatic heterocycles. The van der Waals surface area contributed by atoms with Crippen molar-refractivity contribution in [3.63, 3.8) is 0 Å². The summed E-state index contributed by atoms with van der Waals surface area (Å²) < 4.78 is 11.2. The van der Waals surface area contributed by atoms with Gasteiger partial charge in [0.15, 0.2) is 0 Å². The molecule has 0 saturated carbocycles. The predicted molar refractivity (Wildman–Crippen MR) is 128 cm³/mol. The average Bonchev–Trinajstić information content (AvgIpc) is 2.94. The summed E-state index contributed by atoms with van der Waals surface area (Å²) in [4.78, 5) is 36.4. The number of amides is 1. The van der Waals surface area contributed by atoms with E-state index < -0.39 is 0 Å². The minimum atomic E-state index is -0.0384. The van der Waals surface area contributed by atoms with Crippen LogP contribution in [0.3, 0.4) is 0 Å². The molecule has 3 aromatic heterocycles. The van der Waals surface area contributed by atoms with Crippen molar-refractivity contribution in [2.75, 3.05) is 20.2 Å². The van der Waals surface area contributed by atoms with Gasteiger partial charge in [0.1, 0.15) is 23.5 Å². The van der Waals surface area contributed by atoms with Crippen LogP contribution in [0.2, 0.25) is 0 Å². The second-order valence-corrected chi connectivity index (χ2v) is 8.18. The van der Waals surface area contributed by atoms with Crippen LogP contribution >= 0.6 is 0 Å². The molecule has 0 bridgehead atoms. The van der Waals surface area contributed by atoms with Gasteiger partial charge in [0.05, 0.1) is 12.7 Å². The van der Waals surface area contributed by atoms with Crippen LogP contribution in [0.25, 0.3) is 11.1 Å². The van der Waals surface area contributed by atoms with E-state index in [1.54, 1.807) is 44.3 Å². The van der Waals surface area contributed by atoms with Crippen molar-refractivity contribution in [2.24, 2.45) is 0 Å². The Hall–Kier alpha value is -4.40. The largest absolute Gasteiger partial charge is 0.497 e. The van der Waals surface area contributed by atoms with Crippen LogP contribution in [0.15, 0.2) is 73.8 Å². The van der Waals surface area contributed by atoms with E-state index in [1.165, 1.54) is 6.33 Å². The Morgan fingerprint density at radius 1 is 0.886 bits per heavy atom. The van der Waals surface area contributed by atoms with Crippen molar-refractivity contribution in [3.05, 3.63) is 85.1 Å². The molecule has 1 saturated heterocycles. The number of nitrogens with zero attached hydrogens (tertiary/aromatic N) is 6. The zero-order valence-electron chi connectivity index (χ0n) is 19.2. The van der Waals surface area contributed by atoms with Crippen molar-refractivity contribution in [2.45, 2.75) is 18.8 Å². The van der Waals surface area contributed by atoms with E-state index in [0.717, 1.165) is 35.4 Å². The number of piperidine rings is 1. The van der Waals surface area contributed by atoms with E-state index in [4.69, 9.17) is 9.47 Å². The van der Waals surface area contributed by atoms with Gasteiger partial charge in [-0.25, -0.2) is 15.0 Å². The van der Waals surface area contributed by atoms with E-state index >= 15 is 0 Å². The molecule has 0 atom stereocenters. The maximum atomic E-state index is 13.2. The molecule has 35 heavy (non-hydrogen) atoms. The fourth-order valence-corrected chi connectivity index (χ4v) is 4.15. The first-order valence-electron chi connectivity index (χ1n) is 11.3. The lowest BCUT2D eigenvalue weighted by atomic mass is 9.93. The van der Waals surface area contributed by atoms with Gasteiger partial charge < -0.3 is 14.4 Å². The monoisotopic (exact) mass is 468 g/mol. The molecule has 1 amide bonds. The second-order valence-electron chi connectivity index (χ2n) is 8.18. The molecule has 176 valence electrons. The fraction of sp³-hybridized carbons (Fsp3) is 0.231. The smallest absolute Gasteiger partial charge is 0.255 e. The number of ether oxygens (including phenoxy) is 2. The highest BCUT2D eigenvalue weighted by Crippen LogP contribution is 2.34. The minimum Gasteiger partial charge on any atom is -0.497 e. The maximum absolute atomic E-state index is 13.2. The van der Waals surface area contributed by atoms with Crippen molar-refractivity contribution in [1.29, 1.82) is 0 Å². The predicted octanol–water partition coefficient (Wildman–Crippen LogP) is 4.15. The lowest BCUT2D eigenvalue weighted by molar-refractivity contribution is 0.0711. The highest BCUT2D eigenvalue weighted by Gasteiger charge is 2.28. The first kappa shape index (κ1) is 22.4. The number of carbonyl (C=O) groups excluding carboxylic acids is 1. The third-order valence-corrected chi connectivity index (χ3v) is 6.01. The lowest BCUT2D eigenvalue weighted by Gasteiger charge is -2.32. The highest BCUT2D eigenvalue weighted by molar-refractivity contribution is 5.95. The van der Waals surface area contributed by atoms with Crippen molar-refractivity contribution in [3.8, 4) is 28.5 Å². The van der Waals surface area contributed by atoms with Gasteiger partial charge in [-0.15, -0.1) is 0 Å². The summed E-state index contributed by atoms with van der Waals surface area (Å²) >= 11 is 0. The molecule has 5 rings (SSSR count). The molecule has 0 spiro atoms. The standard InChI is InChI=1S/C26H24N6O3/c1-34-22-2-4-23(5-3-22)35-25-24(30-8-9-31-25)18-6-10-32(11-7-18)26(33)20-12-19(13-27-14-20)21-15-28-17-29-16-21/h2-5,8-9,12-18H,6-7,10-11H2,1H3. The van der Waals surface area contributed by atoms with Gasteiger partial charge in [-0.1, -0.05) is 0 Å². The van der Waals surface area contributed by atoms with Crippen LogP contribution in [-0.2, 0) is 0 Å². The first-order valence-corrected chi connectivity index (χ1v) is 11.3. The van der Waals surface area contributed by atoms with Gasteiger partial charge in [0, 0.05) is 67.3 Å². The summed E-state index contributed by atoms with van der Waals surface area (Å²) in [7, 11) is 1.62. The highest BCUT2D eigenvalue weighted by atomic mass is 16.5. The summed E-state index contributed by atoms with van der Waals surface area (Å²) in [5.74, 6) is 2.02. The summed E-state index contributed by atoms with van der Waals surface area (Å²) in [5, 5.41) is 0. The maximum Gasteiger partial charge on any atom is 0.255 e. The molecule has 1 aliphatic rings. The SMILES string of the molecule is COc1ccc(Oc2nccnc2C2CCN(C(=O)c3cncc(-c4cncnc4)c3)CC2)cc1.